The SMILES string of the molecule is CCC(C)(CNC(=O)c1ccnc(C)c1)C(=O)O. The summed E-state index contributed by atoms with van der Waals surface area (Å²) in [6.07, 6.45) is 2.01. The fourth-order valence-corrected chi connectivity index (χ4v) is 1.42. The Morgan fingerprint density at radius 2 is 2.17 bits per heavy atom. The van der Waals surface area contributed by atoms with Gasteiger partial charge in [0.15, 0.2) is 0 Å². The molecule has 0 fully saturated rings. The number of amides is 1. The van der Waals surface area contributed by atoms with Crippen LogP contribution in [-0.2, 0) is 4.79 Å². The number of rotatable bonds is 5. The highest BCUT2D eigenvalue weighted by Gasteiger charge is 2.31. The Labute approximate surface area is 106 Å². The van der Waals surface area contributed by atoms with Crippen LogP contribution < -0.4 is 5.32 Å². The number of carboxylic acids is 1. The first-order chi connectivity index (χ1) is 8.39. The predicted octanol–water partition coefficient (Wildman–Crippen LogP) is 1.62. The van der Waals surface area contributed by atoms with Crippen molar-refractivity contribution in [1.82, 2.24) is 10.3 Å². The van der Waals surface area contributed by atoms with Crippen molar-refractivity contribution in [2.24, 2.45) is 5.41 Å². The van der Waals surface area contributed by atoms with Crippen molar-refractivity contribution in [3.63, 3.8) is 0 Å². The molecule has 1 amide bonds. The highest BCUT2D eigenvalue weighted by Crippen LogP contribution is 2.20. The zero-order chi connectivity index (χ0) is 13.8. The van der Waals surface area contributed by atoms with E-state index >= 15 is 0 Å². The standard InChI is InChI=1S/C13H18N2O3/c1-4-13(3,12(17)18)8-15-11(16)10-5-6-14-9(2)7-10/h5-7H,4,8H2,1-3H3,(H,15,16)(H,17,18). The molecule has 1 unspecified atom stereocenters. The van der Waals surface area contributed by atoms with Gasteiger partial charge in [-0.05, 0) is 32.4 Å². The summed E-state index contributed by atoms with van der Waals surface area (Å²) in [5, 5.41) is 11.8. The molecule has 98 valence electrons. The molecule has 2 N–H and O–H groups in total. The quantitative estimate of drug-likeness (QED) is 0.832. The fourth-order valence-electron chi connectivity index (χ4n) is 1.42. The Bertz CT molecular complexity index is 459. The van der Waals surface area contributed by atoms with Gasteiger partial charge in [0, 0.05) is 24.0 Å². The van der Waals surface area contributed by atoms with Gasteiger partial charge in [-0.15, -0.1) is 0 Å². The monoisotopic (exact) mass is 250 g/mol. The van der Waals surface area contributed by atoms with Gasteiger partial charge in [0.05, 0.1) is 5.41 Å². The second-order valence-electron chi connectivity index (χ2n) is 4.59. The number of pyridine rings is 1. The van der Waals surface area contributed by atoms with Crippen molar-refractivity contribution in [3.8, 4) is 0 Å². The van der Waals surface area contributed by atoms with Crippen LogP contribution in [0.25, 0.3) is 0 Å². The van der Waals surface area contributed by atoms with Gasteiger partial charge >= 0.3 is 5.97 Å². The third kappa shape index (κ3) is 3.29. The molecule has 0 spiro atoms. The Morgan fingerprint density at radius 3 is 2.67 bits per heavy atom. The van der Waals surface area contributed by atoms with Crippen molar-refractivity contribution >= 4 is 11.9 Å². The Morgan fingerprint density at radius 1 is 1.50 bits per heavy atom. The maximum absolute atomic E-state index is 11.9. The number of aromatic nitrogens is 1. The average molecular weight is 250 g/mol. The Hall–Kier alpha value is -1.91. The minimum absolute atomic E-state index is 0.110. The molecule has 0 saturated carbocycles. The maximum atomic E-state index is 11.9. The van der Waals surface area contributed by atoms with Crippen molar-refractivity contribution in [2.45, 2.75) is 27.2 Å². The first kappa shape index (κ1) is 14.2. The van der Waals surface area contributed by atoms with Gasteiger partial charge in [-0.2, -0.15) is 0 Å². The van der Waals surface area contributed by atoms with Gasteiger partial charge < -0.3 is 10.4 Å². The number of carbonyl (C=O) groups excluding carboxylic acids is 1. The van der Waals surface area contributed by atoms with Gasteiger partial charge in [-0.3, -0.25) is 14.6 Å². The lowest BCUT2D eigenvalue weighted by Crippen LogP contribution is -2.40. The summed E-state index contributed by atoms with van der Waals surface area (Å²) in [5.74, 6) is -1.18. The second kappa shape index (κ2) is 5.62. The summed E-state index contributed by atoms with van der Waals surface area (Å²) in [6, 6.07) is 3.27. The van der Waals surface area contributed by atoms with Gasteiger partial charge in [-0.1, -0.05) is 6.92 Å². The lowest BCUT2D eigenvalue weighted by Gasteiger charge is -2.23. The van der Waals surface area contributed by atoms with Crippen molar-refractivity contribution in [2.75, 3.05) is 6.54 Å². The summed E-state index contributed by atoms with van der Waals surface area (Å²) < 4.78 is 0. The third-order valence-electron chi connectivity index (χ3n) is 3.09. The van der Waals surface area contributed by atoms with Crippen LogP contribution in [-0.4, -0.2) is 28.5 Å². The molecule has 1 rings (SSSR count). The summed E-state index contributed by atoms with van der Waals surface area (Å²) in [6.45, 7) is 5.31. The first-order valence-electron chi connectivity index (χ1n) is 5.83. The van der Waals surface area contributed by atoms with E-state index in [-0.39, 0.29) is 12.5 Å². The minimum atomic E-state index is -0.933. The molecule has 18 heavy (non-hydrogen) atoms. The van der Waals surface area contributed by atoms with Gasteiger partial charge in [0.1, 0.15) is 0 Å². The number of nitrogens with one attached hydrogen (secondary N) is 1. The maximum Gasteiger partial charge on any atom is 0.311 e. The molecule has 5 nitrogen and oxygen atoms in total. The van der Waals surface area contributed by atoms with E-state index in [1.165, 1.54) is 0 Å². The molecule has 0 aromatic carbocycles. The van der Waals surface area contributed by atoms with Crippen LogP contribution in [0.5, 0.6) is 0 Å². The highest BCUT2D eigenvalue weighted by atomic mass is 16.4. The molecule has 0 aliphatic heterocycles. The first-order valence-corrected chi connectivity index (χ1v) is 5.83. The molecule has 1 aromatic heterocycles. The van der Waals surface area contributed by atoms with E-state index in [1.807, 2.05) is 0 Å². The van der Waals surface area contributed by atoms with E-state index in [0.717, 1.165) is 5.69 Å². The molecular formula is C13H18N2O3. The molecule has 0 saturated heterocycles. The molecular weight excluding hydrogens is 232 g/mol. The lowest BCUT2D eigenvalue weighted by molar-refractivity contribution is -0.147. The van der Waals surface area contributed by atoms with Crippen molar-refractivity contribution < 1.29 is 14.7 Å². The summed E-state index contributed by atoms with van der Waals surface area (Å²) in [7, 11) is 0. The normalized spacial score (nSPS) is 13.7. The average Bonchev–Trinajstić information content (AvgIpc) is 2.35. The zero-order valence-corrected chi connectivity index (χ0v) is 10.9. The number of hydrogen-bond donors (Lipinski definition) is 2. The molecule has 1 heterocycles. The van der Waals surface area contributed by atoms with Crippen LogP contribution in [0.4, 0.5) is 0 Å². The molecule has 0 bridgehead atoms. The molecule has 0 aliphatic carbocycles. The van der Waals surface area contributed by atoms with Crippen LogP contribution >= 0.6 is 0 Å². The van der Waals surface area contributed by atoms with Crippen molar-refractivity contribution in [3.05, 3.63) is 29.6 Å². The number of carbonyl (C=O) groups is 2. The van der Waals surface area contributed by atoms with Crippen LogP contribution in [0.1, 0.15) is 36.3 Å². The predicted molar refractivity (Wildman–Crippen MR) is 67.3 cm³/mol. The van der Waals surface area contributed by atoms with E-state index in [1.54, 1.807) is 39.1 Å². The minimum Gasteiger partial charge on any atom is -0.481 e. The number of aryl methyl sites for hydroxylation is 1. The number of nitrogens with zero attached hydrogens (tertiary/aromatic N) is 1. The van der Waals surface area contributed by atoms with Gasteiger partial charge in [-0.25, -0.2) is 0 Å². The van der Waals surface area contributed by atoms with Crippen molar-refractivity contribution in [1.29, 1.82) is 0 Å². The van der Waals surface area contributed by atoms with E-state index in [0.29, 0.717) is 12.0 Å². The van der Waals surface area contributed by atoms with Crippen LogP contribution in [0.2, 0.25) is 0 Å². The number of hydrogen-bond acceptors (Lipinski definition) is 3. The lowest BCUT2D eigenvalue weighted by atomic mass is 9.87. The third-order valence-corrected chi connectivity index (χ3v) is 3.09. The van der Waals surface area contributed by atoms with Gasteiger partial charge in [0.2, 0.25) is 0 Å². The summed E-state index contributed by atoms with van der Waals surface area (Å²) in [5.41, 5.74) is 0.308. The largest absolute Gasteiger partial charge is 0.481 e. The topological polar surface area (TPSA) is 79.3 Å². The zero-order valence-electron chi connectivity index (χ0n) is 10.9. The van der Waals surface area contributed by atoms with E-state index in [2.05, 4.69) is 10.3 Å². The highest BCUT2D eigenvalue weighted by molar-refractivity contribution is 5.94. The smallest absolute Gasteiger partial charge is 0.311 e. The van der Waals surface area contributed by atoms with Crippen LogP contribution in [0.3, 0.4) is 0 Å². The van der Waals surface area contributed by atoms with Crippen LogP contribution in [0, 0.1) is 12.3 Å². The summed E-state index contributed by atoms with van der Waals surface area (Å²) >= 11 is 0. The second-order valence-corrected chi connectivity index (χ2v) is 4.59. The van der Waals surface area contributed by atoms with E-state index < -0.39 is 11.4 Å². The van der Waals surface area contributed by atoms with E-state index in [4.69, 9.17) is 5.11 Å². The molecule has 5 heteroatoms. The number of carboxylic acid groups (broad SMARTS) is 1. The van der Waals surface area contributed by atoms with Crippen LogP contribution in [0.15, 0.2) is 18.3 Å². The molecule has 0 radical (unpaired) electrons. The van der Waals surface area contributed by atoms with E-state index in [9.17, 15) is 9.59 Å². The van der Waals surface area contributed by atoms with Gasteiger partial charge in [0.25, 0.3) is 5.91 Å². The summed E-state index contributed by atoms with van der Waals surface area (Å²) in [4.78, 5) is 26.9. The molecule has 0 aliphatic rings. The molecule has 1 atom stereocenters. The Balaban J connectivity index is 2.69. The fraction of sp³-hybridized carbons (Fsp3) is 0.462. The Kier molecular flexibility index (Phi) is 4.42. The number of aliphatic carboxylic acids is 1. The molecule has 1 aromatic rings.